The van der Waals surface area contributed by atoms with Crippen molar-refractivity contribution >= 4 is 0 Å². The maximum atomic E-state index is 9.61. The lowest BCUT2D eigenvalue weighted by Crippen LogP contribution is -2.51. The van der Waals surface area contributed by atoms with Crippen molar-refractivity contribution < 1.29 is 9.84 Å². The smallest absolute Gasteiger partial charge is 0.160 e. The molecule has 0 spiro atoms. The molecular formula is C14H23N3O2. The number of phenols is 1. The summed E-state index contributed by atoms with van der Waals surface area (Å²) in [5.74, 6) is 0.697. The number of benzene rings is 1. The maximum absolute atomic E-state index is 9.61. The molecule has 1 aromatic rings. The Labute approximate surface area is 114 Å². The van der Waals surface area contributed by atoms with Crippen LogP contribution in [0.4, 0.5) is 0 Å². The van der Waals surface area contributed by atoms with Gasteiger partial charge >= 0.3 is 0 Å². The third-order valence-corrected chi connectivity index (χ3v) is 3.58. The van der Waals surface area contributed by atoms with Gasteiger partial charge in [-0.05, 0) is 31.7 Å². The number of nitrogens with zero attached hydrogens (tertiary/aromatic N) is 2. The van der Waals surface area contributed by atoms with E-state index in [9.17, 15) is 5.11 Å². The van der Waals surface area contributed by atoms with Crippen molar-refractivity contribution in [3.8, 4) is 11.5 Å². The molecule has 1 heterocycles. The number of aromatic hydroxyl groups is 1. The summed E-state index contributed by atoms with van der Waals surface area (Å²) in [6.07, 6.45) is 0. The summed E-state index contributed by atoms with van der Waals surface area (Å²) in [7, 11) is 3.71. The van der Waals surface area contributed by atoms with E-state index in [0.29, 0.717) is 5.75 Å². The van der Waals surface area contributed by atoms with Crippen molar-refractivity contribution in [2.45, 2.75) is 13.0 Å². The van der Waals surface area contributed by atoms with Gasteiger partial charge in [0.15, 0.2) is 11.5 Å². The van der Waals surface area contributed by atoms with Gasteiger partial charge in [0, 0.05) is 32.2 Å². The highest BCUT2D eigenvalue weighted by atomic mass is 16.5. The zero-order valence-electron chi connectivity index (χ0n) is 11.9. The normalized spacial score (nSPS) is 19.3. The summed E-state index contributed by atoms with van der Waals surface area (Å²) in [4.78, 5) is 2.33. The van der Waals surface area contributed by atoms with Crippen molar-refractivity contribution in [2.75, 3.05) is 40.3 Å². The zero-order valence-corrected chi connectivity index (χ0v) is 11.9. The van der Waals surface area contributed by atoms with Gasteiger partial charge in [0.1, 0.15) is 0 Å². The summed E-state index contributed by atoms with van der Waals surface area (Å²) < 4.78 is 5.14. The number of rotatable bonds is 4. The van der Waals surface area contributed by atoms with Crippen molar-refractivity contribution in [3.63, 3.8) is 0 Å². The fraction of sp³-hybridized carbons (Fsp3) is 0.571. The molecule has 0 amide bonds. The molecule has 1 fully saturated rings. The van der Waals surface area contributed by atoms with Crippen LogP contribution in [0.1, 0.15) is 18.5 Å². The lowest BCUT2D eigenvalue weighted by Gasteiger charge is -2.34. The molecule has 2 rings (SSSR count). The van der Waals surface area contributed by atoms with Gasteiger partial charge in [-0.25, -0.2) is 10.4 Å². The number of nitrogens with one attached hydrogen (secondary N) is 1. The van der Waals surface area contributed by atoms with Crippen LogP contribution in [0, 0.1) is 0 Å². The van der Waals surface area contributed by atoms with E-state index in [4.69, 9.17) is 4.74 Å². The van der Waals surface area contributed by atoms with Crippen LogP contribution in [-0.2, 0) is 0 Å². The van der Waals surface area contributed by atoms with Crippen LogP contribution in [-0.4, -0.2) is 55.4 Å². The molecule has 0 aromatic heterocycles. The number of hydrogen-bond donors (Lipinski definition) is 2. The predicted octanol–water partition coefficient (Wildman–Crippen LogP) is 1.21. The Morgan fingerprint density at radius 3 is 2.58 bits per heavy atom. The Morgan fingerprint density at radius 2 is 1.95 bits per heavy atom. The average Bonchev–Trinajstić information content (AvgIpc) is 2.42. The molecule has 1 unspecified atom stereocenters. The van der Waals surface area contributed by atoms with E-state index >= 15 is 0 Å². The number of phenolic OH excluding ortho intramolecular Hbond substituents is 1. The van der Waals surface area contributed by atoms with Gasteiger partial charge in [0.25, 0.3) is 0 Å². The third kappa shape index (κ3) is 3.59. The molecule has 19 heavy (non-hydrogen) atoms. The molecule has 1 atom stereocenters. The summed E-state index contributed by atoms with van der Waals surface area (Å²) in [6, 6.07) is 5.67. The third-order valence-electron chi connectivity index (χ3n) is 3.58. The Kier molecular flexibility index (Phi) is 4.63. The second-order valence-electron chi connectivity index (χ2n) is 5.07. The van der Waals surface area contributed by atoms with E-state index in [2.05, 4.69) is 29.3 Å². The standard InChI is InChI=1S/C14H23N3O2/c1-11(15-17-8-6-16(2)7-9-17)12-4-5-13(18)14(10-12)19-3/h4-5,10-11,15,18H,6-9H2,1-3H3. The number of ether oxygens (including phenoxy) is 1. The molecule has 5 heteroatoms. The van der Waals surface area contributed by atoms with E-state index in [0.717, 1.165) is 31.7 Å². The number of hydrogen-bond acceptors (Lipinski definition) is 5. The van der Waals surface area contributed by atoms with Gasteiger partial charge in [-0.1, -0.05) is 6.07 Å². The minimum absolute atomic E-state index is 0.179. The second kappa shape index (κ2) is 6.23. The van der Waals surface area contributed by atoms with Gasteiger partial charge in [-0.3, -0.25) is 0 Å². The summed E-state index contributed by atoms with van der Waals surface area (Å²) in [6.45, 7) is 6.33. The Bertz CT molecular complexity index is 417. The first-order chi connectivity index (χ1) is 9.10. The van der Waals surface area contributed by atoms with Crippen molar-refractivity contribution in [2.24, 2.45) is 0 Å². The molecule has 106 valence electrons. The van der Waals surface area contributed by atoms with Crippen molar-refractivity contribution in [3.05, 3.63) is 23.8 Å². The van der Waals surface area contributed by atoms with Crippen LogP contribution < -0.4 is 10.2 Å². The molecule has 0 saturated carbocycles. The van der Waals surface area contributed by atoms with Crippen LogP contribution >= 0.6 is 0 Å². The van der Waals surface area contributed by atoms with Crippen LogP contribution in [0.25, 0.3) is 0 Å². The largest absolute Gasteiger partial charge is 0.504 e. The Morgan fingerprint density at radius 1 is 1.26 bits per heavy atom. The molecule has 1 saturated heterocycles. The molecule has 5 nitrogen and oxygen atoms in total. The summed E-state index contributed by atoms with van der Waals surface area (Å²) in [5.41, 5.74) is 4.60. The fourth-order valence-corrected chi connectivity index (χ4v) is 2.25. The SMILES string of the molecule is COc1cc(C(C)NN2CCN(C)CC2)ccc1O. The Balaban J connectivity index is 1.97. The molecule has 1 aliphatic rings. The number of methoxy groups -OCH3 is 1. The molecule has 0 radical (unpaired) electrons. The quantitative estimate of drug-likeness (QED) is 0.857. The highest BCUT2D eigenvalue weighted by Crippen LogP contribution is 2.28. The average molecular weight is 265 g/mol. The lowest BCUT2D eigenvalue weighted by molar-refractivity contribution is 0.0898. The van der Waals surface area contributed by atoms with Crippen LogP contribution in [0.2, 0.25) is 0 Å². The minimum atomic E-state index is 0.179. The molecular weight excluding hydrogens is 242 g/mol. The fourth-order valence-electron chi connectivity index (χ4n) is 2.25. The van der Waals surface area contributed by atoms with Gasteiger partial charge in [0.2, 0.25) is 0 Å². The summed E-state index contributed by atoms with van der Waals surface area (Å²) in [5, 5.41) is 11.9. The monoisotopic (exact) mass is 265 g/mol. The number of piperazine rings is 1. The van der Waals surface area contributed by atoms with E-state index in [1.165, 1.54) is 0 Å². The first-order valence-electron chi connectivity index (χ1n) is 6.66. The minimum Gasteiger partial charge on any atom is -0.504 e. The Hall–Kier alpha value is -1.30. The summed E-state index contributed by atoms with van der Waals surface area (Å²) >= 11 is 0. The number of hydrazine groups is 1. The number of likely N-dealkylation sites (N-methyl/N-ethyl adjacent to an activating group) is 1. The van der Waals surface area contributed by atoms with E-state index in [-0.39, 0.29) is 11.8 Å². The van der Waals surface area contributed by atoms with Gasteiger partial charge in [0.05, 0.1) is 7.11 Å². The van der Waals surface area contributed by atoms with E-state index in [1.807, 2.05) is 12.1 Å². The topological polar surface area (TPSA) is 48.0 Å². The van der Waals surface area contributed by atoms with Crippen LogP contribution in [0.5, 0.6) is 11.5 Å². The maximum Gasteiger partial charge on any atom is 0.160 e. The van der Waals surface area contributed by atoms with Gasteiger partial charge < -0.3 is 14.7 Å². The van der Waals surface area contributed by atoms with Crippen molar-refractivity contribution in [1.82, 2.24) is 15.3 Å². The van der Waals surface area contributed by atoms with Crippen LogP contribution in [0.15, 0.2) is 18.2 Å². The lowest BCUT2D eigenvalue weighted by atomic mass is 10.1. The van der Waals surface area contributed by atoms with Crippen molar-refractivity contribution in [1.29, 1.82) is 0 Å². The van der Waals surface area contributed by atoms with Gasteiger partial charge in [-0.15, -0.1) is 0 Å². The van der Waals surface area contributed by atoms with Gasteiger partial charge in [-0.2, -0.15) is 0 Å². The molecule has 0 aliphatic carbocycles. The second-order valence-corrected chi connectivity index (χ2v) is 5.07. The molecule has 0 bridgehead atoms. The first-order valence-corrected chi connectivity index (χ1v) is 6.66. The molecule has 1 aliphatic heterocycles. The van der Waals surface area contributed by atoms with E-state index < -0.39 is 0 Å². The molecule has 1 aromatic carbocycles. The highest BCUT2D eigenvalue weighted by Gasteiger charge is 2.17. The first kappa shape index (κ1) is 14.1. The van der Waals surface area contributed by atoms with Crippen LogP contribution in [0.3, 0.4) is 0 Å². The highest BCUT2D eigenvalue weighted by molar-refractivity contribution is 5.42. The van der Waals surface area contributed by atoms with E-state index in [1.54, 1.807) is 13.2 Å². The predicted molar refractivity (Wildman–Crippen MR) is 75.3 cm³/mol. The molecule has 2 N–H and O–H groups in total. The zero-order chi connectivity index (χ0) is 13.8.